The zero-order valence-electron chi connectivity index (χ0n) is 19.9. The molecule has 2 N–H and O–H groups in total. The summed E-state index contributed by atoms with van der Waals surface area (Å²) in [6.07, 6.45) is 1.95. The van der Waals surface area contributed by atoms with Crippen LogP contribution in [0.2, 0.25) is 5.02 Å². The van der Waals surface area contributed by atoms with E-state index < -0.39 is 15.9 Å². The molecule has 184 valence electrons. The largest absolute Gasteiger partial charge is 0.458 e. The minimum absolute atomic E-state index is 0.181. The highest BCUT2D eigenvalue weighted by Gasteiger charge is 2.30. The summed E-state index contributed by atoms with van der Waals surface area (Å²) >= 11 is 6.42. The molecule has 37 heavy (non-hydrogen) atoms. The minimum Gasteiger partial charge on any atom is -0.458 e. The van der Waals surface area contributed by atoms with Gasteiger partial charge in [-0.25, -0.2) is 8.42 Å². The summed E-state index contributed by atoms with van der Waals surface area (Å²) in [5.74, 6) is 0.0573. The van der Waals surface area contributed by atoms with Crippen molar-refractivity contribution in [2.45, 2.75) is 17.7 Å². The van der Waals surface area contributed by atoms with Crippen LogP contribution in [0.25, 0.3) is 21.9 Å². The van der Waals surface area contributed by atoms with Crippen molar-refractivity contribution in [2.24, 2.45) is 0 Å². The topological polar surface area (TPSA) is 75.1 Å². The predicted octanol–water partition coefficient (Wildman–Crippen LogP) is 7.86. The van der Waals surface area contributed by atoms with Crippen molar-refractivity contribution in [3.8, 4) is 0 Å². The monoisotopic (exact) mass is 526 g/mol. The standard InChI is InChI=1S/C30H23ClN2O3S/c1-19-13-15-22(16-14-19)37(34,35)33-29-24-10-3-5-12-27(24)36-30(29)28(20-7-6-8-21(31)17-20)25-18-32-26-11-4-2-9-23(25)26/h2-18,28,32-33H,1H3. The van der Waals surface area contributed by atoms with Gasteiger partial charge < -0.3 is 9.40 Å². The van der Waals surface area contributed by atoms with Gasteiger partial charge in [-0.15, -0.1) is 0 Å². The first-order valence-corrected chi connectivity index (χ1v) is 13.7. The van der Waals surface area contributed by atoms with Gasteiger partial charge in [0.05, 0.1) is 16.5 Å². The zero-order chi connectivity index (χ0) is 25.6. The maximum Gasteiger partial charge on any atom is 0.262 e. The maximum atomic E-state index is 13.5. The minimum atomic E-state index is -3.89. The molecule has 0 saturated heterocycles. The summed E-state index contributed by atoms with van der Waals surface area (Å²) in [6, 6.07) is 29.8. The van der Waals surface area contributed by atoms with E-state index in [4.69, 9.17) is 16.0 Å². The Kier molecular flexibility index (Phi) is 5.78. The van der Waals surface area contributed by atoms with Gasteiger partial charge in [-0.2, -0.15) is 0 Å². The van der Waals surface area contributed by atoms with Crippen LogP contribution in [0.15, 0.2) is 113 Å². The average molecular weight is 527 g/mol. The van der Waals surface area contributed by atoms with Gasteiger partial charge in [-0.1, -0.05) is 71.8 Å². The van der Waals surface area contributed by atoms with E-state index in [0.29, 0.717) is 27.4 Å². The molecule has 0 spiro atoms. The number of anilines is 1. The predicted molar refractivity (Wildman–Crippen MR) is 149 cm³/mol. The number of halogens is 1. The van der Waals surface area contributed by atoms with E-state index in [1.807, 2.05) is 85.9 Å². The van der Waals surface area contributed by atoms with E-state index in [2.05, 4.69) is 9.71 Å². The van der Waals surface area contributed by atoms with Crippen LogP contribution in [0.1, 0.15) is 28.4 Å². The number of furan rings is 1. The van der Waals surface area contributed by atoms with E-state index in [9.17, 15) is 8.42 Å². The lowest BCUT2D eigenvalue weighted by atomic mass is 9.88. The van der Waals surface area contributed by atoms with Crippen LogP contribution in [0, 0.1) is 6.92 Å². The van der Waals surface area contributed by atoms with Crippen molar-refractivity contribution in [3.63, 3.8) is 0 Å². The van der Waals surface area contributed by atoms with E-state index in [1.165, 1.54) is 0 Å². The zero-order valence-corrected chi connectivity index (χ0v) is 21.5. The molecule has 0 bridgehead atoms. The molecule has 0 aliphatic rings. The van der Waals surface area contributed by atoms with Crippen molar-refractivity contribution in [1.82, 2.24) is 4.98 Å². The van der Waals surface area contributed by atoms with Gasteiger partial charge in [0.15, 0.2) is 0 Å². The summed E-state index contributed by atoms with van der Waals surface area (Å²) < 4.78 is 36.4. The first-order chi connectivity index (χ1) is 17.9. The van der Waals surface area contributed by atoms with Crippen molar-refractivity contribution in [3.05, 3.63) is 131 Å². The number of H-pyrrole nitrogens is 1. The molecule has 4 aromatic carbocycles. The van der Waals surface area contributed by atoms with Crippen LogP contribution >= 0.6 is 11.6 Å². The fourth-order valence-corrected chi connectivity index (χ4v) is 6.07. The fraction of sp³-hybridized carbons (Fsp3) is 0.0667. The lowest BCUT2D eigenvalue weighted by Crippen LogP contribution is -2.15. The van der Waals surface area contributed by atoms with Crippen LogP contribution in [-0.4, -0.2) is 13.4 Å². The summed E-state index contributed by atoms with van der Waals surface area (Å²) in [7, 11) is -3.89. The number of nitrogens with one attached hydrogen (secondary N) is 2. The molecule has 2 aromatic heterocycles. The number of fused-ring (bicyclic) bond motifs is 2. The lowest BCUT2D eigenvalue weighted by Gasteiger charge is -2.18. The molecule has 1 atom stereocenters. The van der Waals surface area contributed by atoms with Crippen LogP contribution in [-0.2, 0) is 10.0 Å². The molecule has 0 aliphatic heterocycles. The van der Waals surface area contributed by atoms with Crippen LogP contribution in [0.3, 0.4) is 0 Å². The Morgan fingerprint density at radius 2 is 1.59 bits per heavy atom. The first kappa shape index (κ1) is 23.4. The Labute approximate surface area is 219 Å². The third kappa shape index (κ3) is 4.28. The highest BCUT2D eigenvalue weighted by atomic mass is 35.5. The third-order valence-electron chi connectivity index (χ3n) is 6.57. The Bertz CT molecular complexity index is 1850. The molecule has 0 fully saturated rings. The third-order valence-corrected chi connectivity index (χ3v) is 8.17. The molecule has 1 unspecified atom stereocenters. The van der Waals surface area contributed by atoms with Crippen molar-refractivity contribution < 1.29 is 12.8 Å². The number of aromatic amines is 1. The summed E-state index contributed by atoms with van der Waals surface area (Å²) in [5.41, 5.74) is 4.79. The second-order valence-electron chi connectivity index (χ2n) is 9.03. The van der Waals surface area contributed by atoms with Crippen LogP contribution in [0.4, 0.5) is 5.69 Å². The molecule has 6 aromatic rings. The second kappa shape index (κ2) is 9.14. The van der Waals surface area contributed by atoms with Crippen molar-refractivity contribution >= 4 is 49.2 Å². The number of benzene rings is 4. The van der Waals surface area contributed by atoms with E-state index >= 15 is 0 Å². The molecular weight excluding hydrogens is 504 g/mol. The van der Waals surface area contributed by atoms with E-state index in [-0.39, 0.29) is 4.90 Å². The van der Waals surface area contributed by atoms with Gasteiger partial charge in [-0.3, -0.25) is 4.72 Å². The number of hydrogen-bond donors (Lipinski definition) is 2. The van der Waals surface area contributed by atoms with E-state index in [0.717, 1.165) is 27.6 Å². The first-order valence-electron chi connectivity index (χ1n) is 11.8. The number of hydrogen-bond acceptors (Lipinski definition) is 3. The maximum absolute atomic E-state index is 13.5. The molecule has 0 amide bonds. The second-order valence-corrected chi connectivity index (χ2v) is 11.2. The number of sulfonamides is 1. The highest BCUT2D eigenvalue weighted by molar-refractivity contribution is 7.92. The van der Waals surface area contributed by atoms with Gasteiger partial charge in [0.25, 0.3) is 10.0 Å². The summed E-state index contributed by atoms with van der Waals surface area (Å²) in [5, 5.41) is 2.28. The molecular formula is C30H23ClN2O3S. The Balaban J connectivity index is 1.60. The average Bonchev–Trinajstić information content (AvgIpc) is 3.47. The van der Waals surface area contributed by atoms with Gasteiger partial charge >= 0.3 is 0 Å². The molecule has 0 radical (unpaired) electrons. The number of rotatable bonds is 6. The van der Waals surface area contributed by atoms with Crippen LogP contribution < -0.4 is 4.72 Å². The molecule has 5 nitrogen and oxygen atoms in total. The van der Waals surface area contributed by atoms with Crippen molar-refractivity contribution in [2.75, 3.05) is 4.72 Å². The molecule has 6 rings (SSSR count). The van der Waals surface area contributed by atoms with E-state index in [1.54, 1.807) is 24.3 Å². The fourth-order valence-electron chi connectivity index (χ4n) is 4.77. The van der Waals surface area contributed by atoms with Gasteiger partial charge in [0, 0.05) is 27.5 Å². The Morgan fingerprint density at radius 3 is 2.38 bits per heavy atom. The van der Waals surface area contributed by atoms with Gasteiger partial charge in [0.2, 0.25) is 0 Å². The molecule has 2 heterocycles. The van der Waals surface area contributed by atoms with Crippen molar-refractivity contribution in [1.29, 1.82) is 0 Å². The molecule has 0 aliphatic carbocycles. The summed E-state index contributed by atoms with van der Waals surface area (Å²) in [6.45, 7) is 1.92. The number of para-hydroxylation sites is 2. The highest BCUT2D eigenvalue weighted by Crippen LogP contribution is 2.44. The molecule has 7 heteroatoms. The number of aryl methyl sites for hydroxylation is 1. The smallest absolute Gasteiger partial charge is 0.262 e. The molecule has 0 saturated carbocycles. The summed E-state index contributed by atoms with van der Waals surface area (Å²) in [4.78, 5) is 3.52. The lowest BCUT2D eigenvalue weighted by molar-refractivity contribution is 0.544. The Morgan fingerprint density at radius 1 is 0.865 bits per heavy atom. The SMILES string of the molecule is Cc1ccc(S(=O)(=O)Nc2c(C(c3cccc(Cl)c3)c3c[nH]c4ccccc34)oc3ccccc23)cc1. The van der Waals surface area contributed by atoms with Gasteiger partial charge in [-0.05, 0) is 60.5 Å². The Hall–Kier alpha value is -4.00. The number of aromatic nitrogens is 1. The van der Waals surface area contributed by atoms with Crippen LogP contribution in [0.5, 0.6) is 0 Å². The normalized spacial score (nSPS) is 12.7. The van der Waals surface area contributed by atoms with Gasteiger partial charge in [0.1, 0.15) is 11.3 Å². The quantitative estimate of drug-likeness (QED) is 0.232.